The van der Waals surface area contributed by atoms with Gasteiger partial charge in [-0.25, -0.2) is 0 Å². The number of benzene rings is 1. The Morgan fingerprint density at radius 2 is 1.95 bits per heavy atom. The second-order valence-corrected chi connectivity index (χ2v) is 5.35. The van der Waals surface area contributed by atoms with Crippen molar-refractivity contribution in [3.05, 3.63) is 41.2 Å². The van der Waals surface area contributed by atoms with Gasteiger partial charge >= 0.3 is 0 Å². The van der Waals surface area contributed by atoms with Crippen molar-refractivity contribution in [2.24, 2.45) is 7.05 Å². The predicted molar refractivity (Wildman–Crippen MR) is 87.5 cm³/mol. The van der Waals surface area contributed by atoms with E-state index in [0.717, 1.165) is 35.7 Å². The molecule has 0 aliphatic rings. The summed E-state index contributed by atoms with van der Waals surface area (Å²) in [6, 6.07) is 7.20. The standard InChI is InChI=1S/C17H23N3O2/c1-5-6-11-22-15-9-7-14(8-10-15)17(21)18-16-12(2)19-20(4)13(16)3/h7-10H,5-6,11H2,1-4H3,(H,18,21). The molecule has 0 bridgehead atoms. The van der Waals surface area contributed by atoms with Gasteiger partial charge < -0.3 is 10.1 Å². The molecule has 5 heteroatoms. The Morgan fingerprint density at radius 3 is 2.50 bits per heavy atom. The first-order valence-corrected chi connectivity index (χ1v) is 7.57. The van der Waals surface area contributed by atoms with Crippen molar-refractivity contribution >= 4 is 11.6 Å². The van der Waals surface area contributed by atoms with Crippen LogP contribution in [0.5, 0.6) is 5.75 Å². The molecule has 0 aliphatic heterocycles. The number of ether oxygens (including phenoxy) is 1. The van der Waals surface area contributed by atoms with Crippen LogP contribution in [0.1, 0.15) is 41.5 Å². The Morgan fingerprint density at radius 1 is 1.27 bits per heavy atom. The van der Waals surface area contributed by atoms with Gasteiger partial charge in [-0.1, -0.05) is 13.3 Å². The molecule has 22 heavy (non-hydrogen) atoms. The van der Waals surface area contributed by atoms with Crippen LogP contribution in [0.15, 0.2) is 24.3 Å². The summed E-state index contributed by atoms with van der Waals surface area (Å²) < 4.78 is 7.36. The number of rotatable bonds is 6. The molecule has 1 amide bonds. The summed E-state index contributed by atoms with van der Waals surface area (Å²) in [5.74, 6) is 0.651. The number of aromatic nitrogens is 2. The zero-order valence-corrected chi connectivity index (χ0v) is 13.6. The lowest BCUT2D eigenvalue weighted by Crippen LogP contribution is -2.13. The van der Waals surface area contributed by atoms with E-state index in [1.165, 1.54) is 0 Å². The van der Waals surface area contributed by atoms with E-state index in [0.29, 0.717) is 12.2 Å². The SMILES string of the molecule is CCCCOc1ccc(C(=O)Nc2c(C)nn(C)c2C)cc1. The number of hydrogen-bond donors (Lipinski definition) is 1. The van der Waals surface area contributed by atoms with E-state index >= 15 is 0 Å². The van der Waals surface area contributed by atoms with Crippen LogP contribution >= 0.6 is 0 Å². The van der Waals surface area contributed by atoms with Crippen LogP contribution in [0.25, 0.3) is 0 Å². The summed E-state index contributed by atoms with van der Waals surface area (Å²) in [4.78, 5) is 12.3. The molecule has 0 spiro atoms. The molecule has 1 N–H and O–H groups in total. The highest BCUT2D eigenvalue weighted by molar-refractivity contribution is 6.04. The largest absolute Gasteiger partial charge is 0.494 e. The lowest BCUT2D eigenvalue weighted by atomic mass is 10.2. The highest BCUT2D eigenvalue weighted by Gasteiger charge is 2.13. The van der Waals surface area contributed by atoms with Crippen LogP contribution in [0, 0.1) is 13.8 Å². The molecule has 0 saturated heterocycles. The number of unbranched alkanes of at least 4 members (excludes halogenated alkanes) is 1. The number of aryl methyl sites for hydroxylation is 2. The molecule has 0 unspecified atom stereocenters. The zero-order chi connectivity index (χ0) is 16.1. The fourth-order valence-corrected chi connectivity index (χ4v) is 2.18. The summed E-state index contributed by atoms with van der Waals surface area (Å²) in [6.45, 7) is 6.64. The van der Waals surface area contributed by atoms with E-state index in [-0.39, 0.29) is 5.91 Å². The smallest absolute Gasteiger partial charge is 0.255 e. The Hall–Kier alpha value is -2.30. The highest BCUT2D eigenvalue weighted by Crippen LogP contribution is 2.20. The minimum Gasteiger partial charge on any atom is -0.494 e. The molecule has 2 aromatic rings. The van der Waals surface area contributed by atoms with Crippen LogP contribution in [0.4, 0.5) is 5.69 Å². The number of anilines is 1. The molecule has 1 heterocycles. The second-order valence-electron chi connectivity index (χ2n) is 5.35. The lowest BCUT2D eigenvalue weighted by Gasteiger charge is -2.08. The summed E-state index contributed by atoms with van der Waals surface area (Å²) in [6.07, 6.45) is 2.13. The third-order valence-electron chi connectivity index (χ3n) is 3.63. The fraction of sp³-hybridized carbons (Fsp3) is 0.412. The first kappa shape index (κ1) is 16.1. The fourth-order valence-electron chi connectivity index (χ4n) is 2.18. The van der Waals surface area contributed by atoms with E-state index in [4.69, 9.17) is 4.74 Å². The highest BCUT2D eigenvalue weighted by atomic mass is 16.5. The molecule has 118 valence electrons. The Balaban J connectivity index is 2.03. The molecular weight excluding hydrogens is 278 g/mol. The van der Waals surface area contributed by atoms with Gasteiger partial charge in [0.15, 0.2) is 0 Å². The molecule has 0 saturated carbocycles. The maximum atomic E-state index is 12.3. The predicted octanol–water partition coefficient (Wildman–Crippen LogP) is 3.47. The van der Waals surface area contributed by atoms with Crippen molar-refractivity contribution in [2.45, 2.75) is 33.6 Å². The third kappa shape index (κ3) is 3.67. The molecule has 0 radical (unpaired) electrons. The average molecular weight is 301 g/mol. The van der Waals surface area contributed by atoms with Crippen molar-refractivity contribution in [3.8, 4) is 5.75 Å². The summed E-state index contributed by atoms with van der Waals surface area (Å²) in [5, 5.41) is 7.22. The van der Waals surface area contributed by atoms with Crippen LogP contribution in [-0.4, -0.2) is 22.3 Å². The van der Waals surface area contributed by atoms with Gasteiger partial charge in [0.25, 0.3) is 5.91 Å². The number of carbonyl (C=O) groups is 1. The number of nitrogens with zero attached hydrogens (tertiary/aromatic N) is 2. The van der Waals surface area contributed by atoms with Crippen molar-refractivity contribution < 1.29 is 9.53 Å². The summed E-state index contributed by atoms with van der Waals surface area (Å²) in [7, 11) is 1.86. The zero-order valence-electron chi connectivity index (χ0n) is 13.6. The van der Waals surface area contributed by atoms with Crippen molar-refractivity contribution in [2.75, 3.05) is 11.9 Å². The van der Waals surface area contributed by atoms with E-state index in [2.05, 4.69) is 17.3 Å². The normalized spacial score (nSPS) is 10.5. The van der Waals surface area contributed by atoms with Gasteiger partial charge in [-0.2, -0.15) is 5.10 Å². The first-order chi connectivity index (χ1) is 10.5. The number of hydrogen-bond acceptors (Lipinski definition) is 3. The van der Waals surface area contributed by atoms with Crippen molar-refractivity contribution in [1.82, 2.24) is 9.78 Å². The topological polar surface area (TPSA) is 56.1 Å². The Bertz CT molecular complexity index is 645. The van der Waals surface area contributed by atoms with Gasteiger partial charge in [0, 0.05) is 12.6 Å². The number of amides is 1. The molecular formula is C17H23N3O2. The van der Waals surface area contributed by atoms with Gasteiger partial charge in [-0.3, -0.25) is 9.48 Å². The minimum atomic E-state index is -0.140. The Labute approximate surface area is 131 Å². The quantitative estimate of drug-likeness (QED) is 0.831. The molecule has 1 aromatic heterocycles. The molecule has 1 aromatic carbocycles. The van der Waals surface area contributed by atoms with Gasteiger partial charge in [-0.05, 0) is 44.5 Å². The van der Waals surface area contributed by atoms with E-state index in [9.17, 15) is 4.79 Å². The van der Waals surface area contributed by atoms with Crippen molar-refractivity contribution in [1.29, 1.82) is 0 Å². The molecule has 0 fully saturated rings. The maximum absolute atomic E-state index is 12.3. The van der Waals surface area contributed by atoms with Crippen LogP contribution < -0.4 is 10.1 Å². The monoisotopic (exact) mass is 301 g/mol. The van der Waals surface area contributed by atoms with Crippen molar-refractivity contribution in [3.63, 3.8) is 0 Å². The Kier molecular flexibility index (Phi) is 5.20. The summed E-state index contributed by atoms with van der Waals surface area (Å²) >= 11 is 0. The van der Waals surface area contributed by atoms with E-state index < -0.39 is 0 Å². The summed E-state index contributed by atoms with van der Waals surface area (Å²) in [5.41, 5.74) is 3.12. The molecule has 5 nitrogen and oxygen atoms in total. The van der Waals surface area contributed by atoms with Crippen LogP contribution in [-0.2, 0) is 7.05 Å². The van der Waals surface area contributed by atoms with Gasteiger partial charge in [0.1, 0.15) is 5.75 Å². The molecule has 0 aliphatic carbocycles. The first-order valence-electron chi connectivity index (χ1n) is 7.57. The lowest BCUT2D eigenvalue weighted by molar-refractivity contribution is 0.102. The third-order valence-corrected chi connectivity index (χ3v) is 3.63. The van der Waals surface area contributed by atoms with Gasteiger partial charge in [0.05, 0.1) is 23.7 Å². The molecule has 2 rings (SSSR count). The van der Waals surface area contributed by atoms with Gasteiger partial charge in [0.2, 0.25) is 0 Å². The molecule has 0 atom stereocenters. The van der Waals surface area contributed by atoms with E-state index in [1.54, 1.807) is 16.8 Å². The van der Waals surface area contributed by atoms with Crippen LogP contribution in [0.2, 0.25) is 0 Å². The maximum Gasteiger partial charge on any atom is 0.255 e. The average Bonchev–Trinajstić information content (AvgIpc) is 2.74. The van der Waals surface area contributed by atoms with Crippen LogP contribution in [0.3, 0.4) is 0 Å². The van der Waals surface area contributed by atoms with E-state index in [1.807, 2.05) is 33.0 Å². The van der Waals surface area contributed by atoms with Gasteiger partial charge in [-0.15, -0.1) is 0 Å². The second kappa shape index (κ2) is 7.11. The minimum absolute atomic E-state index is 0.140. The number of carbonyl (C=O) groups excluding carboxylic acids is 1. The number of nitrogens with one attached hydrogen (secondary N) is 1.